The number of ether oxygens (including phenoxy) is 1. The smallest absolute Gasteiger partial charge is 0.172 e. The number of rotatable bonds is 5. The zero-order chi connectivity index (χ0) is 21.0. The fraction of sp³-hybridized carbons (Fsp3) is 0.115. The molecule has 0 amide bonds. The van der Waals surface area contributed by atoms with Crippen molar-refractivity contribution in [2.75, 3.05) is 12.1 Å². The van der Waals surface area contributed by atoms with Gasteiger partial charge >= 0.3 is 0 Å². The van der Waals surface area contributed by atoms with Gasteiger partial charge in [-0.25, -0.2) is 5.01 Å². The largest absolute Gasteiger partial charge is 0.497 e. The summed E-state index contributed by atoms with van der Waals surface area (Å²) in [6, 6.07) is 32.5. The van der Waals surface area contributed by atoms with E-state index in [0.29, 0.717) is 0 Å². The number of hydrogen-bond donors (Lipinski definition) is 0. The van der Waals surface area contributed by atoms with Gasteiger partial charge in [0.15, 0.2) is 5.82 Å². The van der Waals surface area contributed by atoms with Crippen molar-refractivity contribution in [1.82, 2.24) is 10.2 Å². The average Bonchev–Trinajstić information content (AvgIpc) is 3.31. The van der Waals surface area contributed by atoms with E-state index in [1.807, 2.05) is 71.7 Å². The highest BCUT2D eigenvalue weighted by Crippen LogP contribution is 2.36. The summed E-state index contributed by atoms with van der Waals surface area (Å²) in [5, 5.41) is 15.9. The summed E-state index contributed by atoms with van der Waals surface area (Å²) in [4.78, 5) is 0. The SMILES string of the molecule is COc1cccc(C2=NN(c3ccc(-c4ccccc4)nn3)C(c3ccccc3)C2)c1. The predicted octanol–water partition coefficient (Wildman–Crippen LogP) is 5.51. The number of nitrogens with zero attached hydrogens (tertiary/aromatic N) is 4. The molecule has 1 atom stereocenters. The Balaban J connectivity index is 1.52. The van der Waals surface area contributed by atoms with Gasteiger partial charge < -0.3 is 4.74 Å². The highest BCUT2D eigenvalue weighted by atomic mass is 16.5. The maximum absolute atomic E-state index is 5.40. The van der Waals surface area contributed by atoms with Gasteiger partial charge in [0.05, 0.1) is 24.6 Å². The molecule has 3 aromatic carbocycles. The van der Waals surface area contributed by atoms with Crippen LogP contribution in [-0.4, -0.2) is 23.0 Å². The molecule has 0 radical (unpaired) electrons. The molecular formula is C26H22N4O. The highest BCUT2D eigenvalue weighted by molar-refractivity contribution is 6.03. The molecule has 0 aliphatic carbocycles. The fourth-order valence-corrected chi connectivity index (χ4v) is 3.84. The average molecular weight is 406 g/mol. The number of anilines is 1. The van der Waals surface area contributed by atoms with Crippen molar-refractivity contribution in [2.24, 2.45) is 5.10 Å². The lowest BCUT2D eigenvalue weighted by Crippen LogP contribution is -2.20. The first-order valence-corrected chi connectivity index (χ1v) is 10.3. The van der Waals surface area contributed by atoms with E-state index in [1.54, 1.807) is 7.11 Å². The summed E-state index contributed by atoms with van der Waals surface area (Å²) in [7, 11) is 1.68. The van der Waals surface area contributed by atoms with Crippen LogP contribution < -0.4 is 9.75 Å². The van der Waals surface area contributed by atoms with Gasteiger partial charge in [-0.2, -0.15) is 5.10 Å². The first kappa shape index (κ1) is 19.0. The zero-order valence-corrected chi connectivity index (χ0v) is 17.2. The van der Waals surface area contributed by atoms with Crippen LogP contribution in [0.25, 0.3) is 11.3 Å². The Labute approximate surface area is 181 Å². The molecule has 4 aromatic rings. The summed E-state index contributed by atoms with van der Waals surface area (Å²) < 4.78 is 5.40. The molecule has 1 aromatic heterocycles. The zero-order valence-electron chi connectivity index (χ0n) is 17.2. The molecule has 1 aliphatic heterocycles. The maximum atomic E-state index is 5.40. The Bertz CT molecular complexity index is 1190. The van der Waals surface area contributed by atoms with Crippen LogP contribution in [0, 0.1) is 0 Å². The first-order chi connectivity index (χ1) is 15.3. The van der Waals surface area contributed by atoms with Gasteiger partial charge in [-0.1, -0.05) is 72.8 Å². The van der Waals surface area contributed by atoms with Crippen molar-refractivity contribution in [3.05, 3.63) is 108 Å². The number of benzene rings is 3. The third-order valence-electron chi connectivity index (χ3n) is 5.45. The Morgan fingerprint density at radius 1 is 0.774 bits per heavy atom. The highest BCUT2D eigenvalue weighted by Gasteiger charge is 2.31. The number of hydrogen-bond acceptors (Lipinski definition) is 5. The molecule has 5 heteroatoms. The van der Waals surface area contributed by atoms with E-state index in [2.05, 4.69) is 40.5 Å². The number of aromatic nitrogens is 2. The molecule has 0 fully saturated rings. The van der Waals surface area contributed by atoms with E-state index >= 15 is 0 Å². The Kier molecular flexibility index (Phi) is 5.15. The molecule has 0 saturated carbocycles. The maximum Gasteiger partial charge on any atom is 0.172 e. The molecule has 5 rings (SSSR count). The van der Waals surface area contributed by atoms with E-state index in [9.17, 15) is 0 Å². The number of methoxy groups -OCH3 is 1. The van der Waals surface area contributed by atoms with Crippen molar-refractivity contribution < 1.29 is 4.74 Å². The monoisotopic (exact) mass is 406 g/mol. The lowest BCUT2D eigenvalue weighted by atomic mass is 9.98. The normalized spacial score (nSPS) is 15.6. The van der Waals surface area contributed by atoms with Crippen LogP contribution >= 0.6 is 0 Å². The van der Waals surface area contributed by atoms with E-state index in [1.165, 1.54) is 5.56 Å². The van der Waals surface area contributed by atoms with Gasteiger partial charge in [-0.15, -0.1) is 10.2 Å². The van der Waals surface area contributed by atoms with Crippen molar-refractivity contribution in [3.8, 4) is 17.0 Å². The summed E-state index contributed by atoms with van der Waals surface area (Å²) in [5.41, 5.74) is 5.14. The fourth-order valence-electron chi connectivity index (χ4n) is 3.84. The third kappa shape index (κ3) is 3.90. The molecule has 0 bridgehead atoms. The van der Waals surface area contributed by atoms with Crippen LogP contribution in [0.2, 0.25) is 0 Å². The van der Waals surface area contributed by atoms with E-state index in [0.717, 1.165) is 40.5 Å². The second kappa shape index (κ2) is 8.40. The molecule has 31 heavy (non-hydrogen) atoms. The van der Waals surface area contributed by atoms with Gasteiger partial charge in [0.1, 0.15) is 5.75 Å². The Morgan fingerprint density at radius 2 is 1.52 bits per heavy atom. The minimum Gasteiger partial charge on any atom is -0.497 e. The Morgan fingerprint density at radius 3 is 2.23 bits per heavy atom. The van der Waals surface area contributed by atoms with Crippen LogP contribution in [0.1, 0.15) is 23.6 Å². The Hall–Kier alpha value is -3.99. The molecule has 0 saturated heterocycles. The first-order valence-electron chi connectivity index (χ1n) is 10.3. The van der Waals surface area contributed by atoms with Gasteiger partial charge in [0.2, 0.25) is 0 Å². The lowest BCUT2D eigenvalue weighted by molar-refractivity contribution is 0.414. The van der Waals surface area contributed by atoms with E-state index in [4.69, 9.17) is 9.84 Å². The molecule has 1 unspecified atom stereocenters. The molecule has 0 N–H and O–H groups in total. The summed E-state index contributed by atoms with van der Waals surface area (Å²) in [5.74, 6) is 1.55. The van der Waals surface area contributed by atoms with Crippen LogP contribution in [0.3, 0.4) is 0 Å². The molecule has 2 heterocycles. The summed E-state index contributed by atoms with van der Waals surface area (Å²) in [6.45, 7) is 0. The molecule has 152 valence electrons. The van der Waals surface area contributed by atoms with Gasteiger partial charge in [-0.3, -0.25) is 0 Å². The molecule has 1 aliphatic rings. The second-order valence-electron chi connectivity index (χ2n) is 7.40. The van der Waals surface area contributed by atoms with Crippen molar-refractivity contribution >= 4 is 11.5 Å². The molecular weight excluding hydrogens is 384 g/mol. The van der Waals surface area contributed by atoms with Crippen molar-refractivity contribution in [2.45, 2.75) is 12.5 Å². The minimum atomic E-state index is 0.0549. The van der Waals surface area contributed by atoms with Gasteiger partial charge in [0.25, 0.3) is 0 Å². The van der Waals surface area contributed by atoms with Crippen molar-refractivity contribution in [3.63, 3.8) is 0 Å². The summed E-state index contributed by atoms with van der Waals surface area (Å²) >= 11 is 0. The quantitative estimate of drug-likeness (QED) is 0.439. The van der Waals surface area contributed by atoms with E-state index < -0.39 is 0 Å². The predicted molar refractivity (Wildman–Crippen MR) is 123 cm³/mol. The van der Waals surface area contributed by atoms with Crippen LogP contribution in [-0.2, 0) is 0 Å². The van der Waals surface area contributed by atoms with Crippen molar-refractivity contribution in [1.29, 1.82) is 0 Å². The molecule has 0 spiro atoms. The van der Waals surface area contributed by atoms with Gasteiger partial charge in [0, 0.05) is 17.5 Å². The van der Waals surface area contributed by atoms with Crippen LogP contribution in [0.15, 0.2) is 102 Å². The van der Waals surface area contributed by atoms with E-state index in [-0.39, 0.29) is 6.04 Å². The van der Waals surface area contributed by atoms with Crippen LogP contribution in [0.5, 0.6) is 5.75 Å². The second-order valence-corrected chi connectivity index (χ2v) is 7.40. The topological polar surface area (TPSA) is 50.6 Å². The minimum absolute atomic E-state index is 0.0549. The lowest BCUT2D eigenvalue weighted by Gasteiger charge is -2.22. The van der Waals surface area contributed by atoms with Crippen LogP contribution in [0.4, 0.5) is 5.82 Å². The third-order valence-corrected chi connectivity index (χ3v) is 5.45. The van der Waals surface area contributed by atoms with Gasteiger partial charge in [-0.05, 0) is 29.8 Å². The standard InChI is InChI=1S/C26H22N4O/c1-31-22-14-8-13-21(17-22)24-18-25(20-11-6-3-7-12-20)30(29-24)26-16-15-23(27-28-26)19-9-4-2-5-10-19/h2-17,25H,18H2,1H3. The summed E-state index contributed by atoms with van der Waals surface area (Å²) in [6.07, 6.45) is 0.777. The molecule has 5 nitrogen and oxygen atoms in total. The number of hydrazone groups is 1.